The van der Waals surface area contributed by atoms with Gasteiger partial charge in [-0.3, -0.25) is 0 Å². The van der Waals surface area contributed by atoms with Gasteiger partial charge in [0, 0.05) is 25.5 Å². The fourth-order valence-electron chi connectivity index (χ4n) is 2.59. The fourth-order valence-corrected chi connectivity index (χ4v) is 2.59. The molecule has 1 aromatic carbocycles. The molecule has 0 bridgehead atoms. The molecule has 24 heavy (non-hydrogen) atoms. The van der Waals surface area contributed by atoms with Gasteiger partial charge in [0.05, 0.1) is 18.5 Å². The van der Waals surface area contributed by atoms with Gasteiger partial charge in [-0.15, -0.1) is 0 Å². The minimum absolute atomic E-state index is 0.0722. The van der Waals surface area contributed by atoms with Crippen molar-refractivity contribution in [2.75, 3.05) is 6.61 Å². The number of carbonyl (C=O) groups excluding carboxylic acids is 1. The molecule has 0 aliphatic carbocycles. The van der Waals surface area contributed by atoms with Gasteiger partial charge in [-0.05, 0) is 24.5 Å². The Labute approximate surface area is 142 Å². The first-order valence-electron chi connectivity index (χ1n) is 8.25. The summed E-state index contributed by atoms with van der Waals surface area (Å²) < 4.78 is 2.00. The number of rotatable bonds is 8. The predicted molar refractivity (Wildman–Crippen MR) is 93.5 cm³/mol. The molecule has 2 amide bonds. The Balaban J connectivity index is 1.82. The molecular weight excluding hydrogens is 304 g/mol. The minimum Gasteiger partial charge on any atom is -0.394 e. The highest BCUT2D eigenvalue weighted by atomic mass is 16.3. The zero-order valence-corrected chi connectivity index (χ0v) is 14.3. The second kappa shape index (κ2) is 8.49. The molecule has 0 aliphatic rings. The van der Waals surface area contributed by atoms with E-state index in [9.17, 15) is 9.90 Å². The first kappa shape index (κ1) is 18.0. The van der Waals surface area contributed by atoms with Crippen LogP contribution in [0.2, 0.25) is 0 Å². The highest BCUT2D eigenvalue weighted by Crippen LogP contribution is 2.11. The van der Waals surface area contributed by atoms with Crippen LogP contribution < -0.4 is 10.6 Å². The van der Waals surface area contributed by atoms with Crippen molar-refractivity contribution >= 4 is 6.03 Å². The summed E-state index contributed by atoms with van der Waals surface area (Å²) in [6.45, 7) is 5.03. The molecule has 0 spiro atoms. The number of nitrogens with zero attached hydrogens (tertiary/aromatic N) is 2. The first-order chi connectivity index (χ1) is 11.5. The molecule has 0 fully saturated rings. The molecule has 0 radical (unpaired) electrons. The molecule has 1 atom stereocenters. The van der Waals surface area contributed by atoms with E-state index in [2.05, 4.69) is 15.6 Å². The summed E-state index contributed by atoms with van der Waals surface area (Å²) in [6.07, 6.45) is 7.10. The third kappa shape index (κ3) is 5.38. The highest BCUT2D eigenvalue weighted by molar-refractivity contribution is 5.74. The van der Waals surface area contributed by atoms with Crippen LogP contribution in [0.3, 0.4) is 0 Å². The van der Waals surface area contributed by atoms with Crippen molar-refractivity contribution in [3.8, 4) is 0 Å². The molecule has 2 aromatic rings. The fraction of sp³-hybridized carbons (Fsp3) is 0.444. The average molecular weight is 330 g/mol. The Kier molecular flexibility index (Phi) is 6.37. The van der Waals surface area contributed by atoms with E-state index in [1.807, 2.05) is 48.9 Å². The lowest BCUT2D eigenvalue weighted by atomic mass is 9.98. The zero-order chi connectivity index (χ0) is 17.4. The number of aliphatic hydroxyl groups is 1. The summed E-state index contributed by atoms with van der Waals surface area (Å²) in [6, 6.07) is 7.84. The van der Waals surface area contributed by atoms with E-state index in [4.69, 9.17) is 0 Å². The van der Waals surface area contributed by atoms with E-state index >= 15 is 0 Å². The minimum atomic E-state index is -0.576. The number of hydrogen-bond donors (Lipinski definition) is 3. The number of nitrogens with one attached hydrogen (secondary N) is 2. The first-order valence-corrected chi connectivity index (χ1v) is 8.25. The molecule has 1 unspecified atom stereocenters. The molecule has 2 rings (SSSR count). The Bertz CT molecular complexity index is 625. The molecule has 130 valence electrons. The molecule has 0 saturated carbocycles. The summed E-state index contributed by atoms with van der Waals surface area (Å²) >= 11 is 0. The molecular formula is C18H26N4O2. The van der Waals surface area contributed by atoms with Gasteiger partial charge < -0.3 is 20.3 Å². The van der Waals surface area contributed by atoms with Crippen LogP contribution in [0.25, 0.3) is 0 Å². The molecule has 0 saturated heterocycles. The van der Waals surface area contributed by atoms with Crippen molar-refractivity contribution in [2.45, 2.75) is 45.3 Å². The lowest BCUT2D eigenvalue weighted by Crippen LogP contribution is -2.52. The van der Waals surface area contributed by atoms with Gasteiger partial charge >= 0.3 is 6.03 Å². The van der Waals surface area contributed by atoms with Gasteiger partial charge in [0.25, 0.3) is 0 Å². The smallest absolute Gasteiger partial charge is 0.315 e. The largest absolute Gasteiger partial charge is 0.394 e. The van der Waals surface area contributed by atoms with Crippen molar-refractivity contribution in [3.63, 3.8) is 0 Å². The zero-order valence-electron chi connectivity index (χ0n) is 14.3. The van der Waals surface area contributed by atoms with Gasteiger partial charge in [-0.2, -0.15) is 0 Å². The van der Waals surface area contributed by atoms with Crippen LogP contribution >= 0.6 is 0 Å². The average Bonchev–Trinajstić information content (AvgIpc) is 3.07. The summed E-state index contributed by atoms with van der Waals surface area (Å²) in [7, 11) is 0. The Hall–Kier alpha value is -2.34. The SMILES string of the molecule is CCCC(C)(CO)NC(=O)NCc1ccc(Cn2ccnc2)cc1. The van der Waals surface area contributed by atoms with E-state index in [1.165, 1.54) is 5.56 Å². The van der Waals surface area contributed by atoms with Crippen LogP contribution in [0.5, 0.6) is 0 Å². The van der Waals surface area contributed by atoms with E-state index < -0.39 is 5.54 Å². The molecule has 6 nitrogen and oxygen atoms in total. The number of carbonyl (C=O) groups is 1. The monoisotopic (exact) mass is 330 g/mol. The van der Waals surface area contributed by atoms with Crippen molar-refractivity contribution in [2.24, 2.45) is 0 Å². The van der Waals surface area contributed by atoms with E-state index in [0.717, 1.165) is 24.9 Å². The lowest BCUT2D eigenvalue weighted by Gasteiger charge is -2.28. The van der Waals surface area contributed by atoms with Crippen molar-refractivity contribution in [3.05, 3.63) is 54.1 Å². The highest BCUT2D eigenvalue weighted by Gasteiger charge is 2.24. The van der Waals surface area contributed by atoms with Gasteiger partial charge in [0.1, 0.15) is 0 Å². The number of benzene rings is 1. The molecule has 0 aliphatic heterocycles. The Morgan fingerprint density at radius 3 is 2.58 bits per heavy atom. The Morgan fingerprint density at radius 2 is 2.00 bits per heavy atom. The number of amides is 2. The maximum absolute atomic E-state index is 12.0. The van der Waals surface area contributed by atoms with Gasteiger partial charge in [-0.1, -0.05) is 37.6 Å². The van der Waals surface area contributed by atoms with Crippen LogP contribution in [0.15, 0.2) is 43.0 Å². The third-order valence-electron chi connectivity index (χ3n) is 3.97. The topological polar surface area (TPSA) is 79.2 Å². The number of aliphatic hydroxyl groups excluding tert-OH is 1. The standard InChI is InChI=1S/C18H26N4O2/c1-3-8-18(2,13-23)21-17(24)20-11-15-4-6-16(7-5-15)12-22-10-9-19-14-22/h4-7,9-10,14,23H,3,8,11-13H2,1-2H3,(H2,20,21,24). The lowest BCUT2D eigenvalue weighted by molar-refractivity contribution is 0.163. The van der Waals surface area contributed by atoms with Crippen LogP contribution in [-0.4, -0.2) is 32.8 Å². The van der Waals surface area contributed by atoms with Gasteiger partial charge in [0.15, 0.2) is 0 Å². The number of urea groups is 1. The summed E-state index contributed by atoms with van der Waals surface area (Å²) in [5.41, 5.74) is 1.63. The van der Waals surface area contributed by atoms with Crippen LogP contribution in [0.1, 0.15) is 37.8 Å². The van der Waals surface area contributed by atoms with E-state index in [-0.39, 0.29) is 12.6 Å². The number of aromatic nitrogens is 2. The molecule has 1 aromatic heterocycles. The van der Waals surface area contributed by atoms with E-state index in [0.29, 0.717) is 6.54 Å². The second-order valence-corrected chi connectivity index (χ2v) is 6.33. The Morgan fingerprint density at radius 1 is 1.29 bits per heavy atom. The van der Waals surface area contributed by atoms with Gasteiger partial charge in [0.2, 0.25) is 0 Å². The van der Waals surface area contributed by atoms with Gasteiger partial charge in [-0.25, -0.2) is 9.78 Å². The maximum atomic E-state index is 12.0. The second-order valence-electron chi connectivity index (χ2n) is 6.33. The summed E-state index contributed by atoms with van der Waals surface area (Å²) in [5.74, 6) is 0. The van der Waals surface area contributed by atoms with Crippen molar-refractivity contribution in [1.82, 2.24) is 20.2 Å². The quantitative estimate of drug-likeness (QED) is 0.695. The summed E-state index contributed by atoms with van der Waals surface area (Å²) in [5, 5.41) is 15.1. The van der Waals surface area contributed by atoms with Crippen molar-refractivity contribution < 1.29 is 9.90 Å². The van der Waals surface area contributed by atoms with Crippen LogP contribution in [-0.2, 0) is 13.1 Å². The molecule has 1 heterocycles. The maximum Gasteiger partial charge on any atom is 0.315 e. The van der Waals surface area contributed by atoms with Crippen LogP contribution in [0.4, 0.5) is 4.79 Å². The van der Waals surface area contributed by atoms with Crippen molar-refractivity contribution in [1.29, 1.82) is 0 Å². The summed E-state index contributed by atoms with van der Waals surface area (Å²) in [4.78, 5) is 16.0. The molecule has 6 heteroatoms. The number of hydrogen-bond acceptors (Lipinski definition) is 3. The number of imidazole rings is 1. The normalized spacial score (nSPS) is 13.3. The molecule has 3 N–H and O–H groups in total. The van der Waals surface area contributed by atoms with E-state index in [1.54, 1.807) is 12.5 Å². The third-order valence-corrected chi connectivity index (χ3v) is 3.97. The van der Waals surface area contributed by atoms with Crippen LogP contribution in [0, 0.1) is 0 Å². The predicted octanol–water partition coefficient (Wildman–Crippen LogP) is 2.28.